The van der Waals surface area contributed by atoms with Crippen molar-refractivity contribution < 1.29 is 9.90 Å². The molecule has 0 aromatic carbocycles. The van der Waals surface area contributed by atoms with Crippen LogP contribution >= 0.6 is 22.7 Å². The number of rotatable bonds is 3. The first-order valence-electron chi connectivity index (χ1n) is 6.80. The van der Waals surface area contributed by atoms with Crippen LogP contribution in [0.2, 0.25) is 0 Å². The molecule has 0 unspecified atom stereocenters. The van der Waals surface area contributed by atoms with Gasteiger partial charge in [-0.1, -0.05) is 11.3 Å². The fourth-order valence-electron chi connectivity index (χ4n) is 2.52. The van der Waals surface area contributed by atoms with Crippen LogP contribution in [-0.4, -0.2) is 39.3 Å². The number of aryl methyl sites for hydroxylation is 2. The third-order valence-corrected chi connectivity index (χ3v) is 5.84. The van der Waals surface area contributed by atoms with Crippen molar-refractivity contribution in [2.45, 2.75) is 32.6 Å². The maximum atomic E-state index is 11.1. The molecule has 0 atom stereocenters. The number of hydrogen-bond acceptors (Lipinski definition) is 7. The zero-order chi connectivity index (χ0) is 15.0. The largest absolute Gasteiger partial charge is 0.477 e. The normalized spacial score (nSPS) is 16.4. The van der Waals surface area contributed by atoms with Crippen LogP contribution in [-0.2, 0) is 0 Å². The van der Waals surface area contributed by atoms with Gasteiger partial charge in [-0.2, -0.15) is 0 Å². The molecule has 1 fully saturated rings. The lowest BCUT2D eigenvalue weighted by Crippen LogP contribution is -2.32. The molecule has 21 heavy (non-hydrogen) atoms. The Morgan fingerprint density at radius 1 is 1.24 bits per heavy atom. The number of aromatic nitrogens is 3. The number of carbonyl (C=O) groups is 1. The number of nitrogens with zero attached hydrogens (tertiary/aromatic N) is 4. The molecule has 0 aliphatic carbocycles. The summed E-state index contributed by atoms with van der Waals surface area (Å²) >= 11 is 2.94. The van der Waals surface area contributed by atoms with Crippen molar-refractivity contribution in [3.8, 4) is 0 Å². The minimum atomic E-state index is -0.877. The van der Waals surface area contributed by atoms with E-state index in [0.29, 0.717) is 16.5 Å². The summed E-state index contributed by atoms with van der Waals surface area (Å²) in [5.74, 6) is -0.523. The van der Waals surface area contributed by atoms with E-state index in [4.69, 9.17) is 5.11 Å². The van der Waals surface area contributed by atoms with Crippen molar-refractivity contribution in [3.63, 3.8) is 0 Å². The van der Waals surface area contributed by atoms with Crippen molar-refractivity contribution in [2.24, 2.45) is 0 Å². The molecule has 2 aromatic heterocycles. The number of hydrogen-bond donors (Lipinski definition) is 1. The van der Waals surface area contributed by atoms with Gasteiger partial charge in [0.25, 0.3) is 0 Å². The first-order valence-corrected chi connectivity index (χ1v) is 8.43. The molecule has 1 N–H and O–H groups in total. The molecule has 6 nitrogen and oxygen atoms in total. The molecule has 112 valence electrons. The van der Waals surface area contributed by atoms with Crippen molar-refractivity contribution in [1.82, 2.24) is 15.2 Å². The predicted molar refractivity (Wildman–Crippen MR) is 82.6 cm³/mol. The number of piperidine rings is 1. The molecule has 1 aliphatic heterocycles. The summed E-state index contributed by atoms with van der Waals surface area (Å²) in [6.45, 7) is 5.56. The summed E-state index contributed by atoms with van der Waals surface area (Å²) < 4.78 is 0. The number of carboxylic acids is 1. The van der Waals surface area contributed by atoms with E-state index in [9.17, 15) is 4.79 Å². The van der Waals surface area contributed by atoms with E-state index in [1.54, 1.807) is 18.3 Å². The lowest BCUT2D eigenvalue weighted by Gasteiger charge is -2.30. The standard InChI is InChI=1S/C13H16N4O2S2/c1-7-10(12(18)19)21-11(14-7)9-3-5-17(6-4-9)13-16-15-8(2)20-13/h9H,3-6H2,1-2H3,(H,18,19). The smallest absolute Gasteiger partial charge is 0.347 e. The Morgan fingerprint density at radius 2 is 1.95 bits per heavy atom. The van der Waals surface area contributed by atoms with Crippen molar-refractivity contribution in [1.29, 1.82) is 0 Å². The molecule has 1 aliphatic rings. The summed E-state index contributed by atoms with van der Waals surface area (Å²) in [4.78, 5) is 18.2. The lowest BCUT2D eigenvalue weighted by molar-refractivity contribution is 0.0701. The van der Waals surface area contributed by atoms with Crippen LogP contribution in [0.5, 0.6) is 0 Å². The number of thiazole rings is 1. The van der Waals surface area contributed by atoms with E-state index in [0.717, 1.165) is 41.1 Å². The summed E-state index contributed by atoms with van der Waals surface area (Å²) in [5.41, 5.74) is 0.629. The third-order valence-electron chi connectivity index (χ3n) is 3.64. The molecule has 0 radical (unpaired) electrons. The van der Waals surface area contributed by atoms with Crippen molar-refractivity contribution in [2.75, 3.05) is 18.0 Å². The first-order chi connectivity index (χ1) is 10.0. The van der Waals surface area contributed by atoms with Gasteiger partial charge in [-0.3, -0.25) is 0 Å². The van der Waals surface area contributed by atoms with E-state index in [1.165, 1.54) is 11.3 Å². The van der Waals surface area contributed by atoms with Gasteiger partial charge in [-0.05, 0) is 26.7 Å². The molecular formula is C13H16N4O2S2. The van der Waals surface area contributed by atoms with E-state index < -0.39 is 5.97 Å². The van der Waals surface area contributed by atoms with E-state index in [1.807, 2.05) is 6.92 Å². The first kappa shape index (κ1) is 14.4. The highest BCUT2D eigenvalue weighted by atomic mass is 32.1. The van der Waals surface area contributed by atoms with Crippen LogP contribution in [0.3, 0.4) is 0 Å². The summed E-state index contributed by atoms with van der Waals surface area (Å²) in [6.07, 6.45) is 1.95. The molecule has 0 amide bonds. The number of aromatic carboxylic acids is 1. The zero-order valence-electron chi connectivity index (χ0n) is 11.9. The molecule has 0 saturated carbocycles. The second-order valence-electron chi connectivity index (χ2n) is 5.14. The Bertz CT molecular complexity index is 659. The maximum absolute atomic E-state index is 11.1. The Labute approximate surface area is 130 Å². The van der Waals surface area contributed by atoms with Gasteiger partial charge >= 0.3 is 5.97 Å². The average Bonchev–Trinajstić information content (AvgIpc) is 3.05. The fourth-order valence-corrected chi connectivity index (χ4v) is 4.34. The van der Waals surface area contributed by atoms with Gasteiger partial charge in [-0.25, -0.2) is 9.78 Å². The van der Waals surface area contributed by atoms with Gasteiger partial charge < -0.3 is 10.0 Å². The molecule has 3 heterocycles. The highest BCUT2D eigenvalue weighted by Gasteiger charge is 2.26. The summed E-state index contributed by atoms with van der Waals surface area (Å²) in [6, 6.07) is 0. The topological polar surface area (TPSA) is 79.2 Å². The molecule has 8 heteroatoms. The minimum absolute atomic E-state index is 0.354. The molecule has 0 bridgehead atoms. The third kappa shape index (κ3) is 2.91. The van der Waals surface area contributed by atoms with Crippen LogP contribution < -0.4 is 4.90 Å². The van der Waals surface area contributed by atoms with Gasteiger partial charge in [-0.15, -0.1) is 21.5 Å². The Hall–Kier alpha value is -1.54. The number of carboxylic acid groups (broad SMARTS) is 1. The van der Waals surface area contributed by atoms with Crippen LogP contribution in [0.1, 0.15) is 44.1 Å². The quantitative estimate of drug-likeness (QED) is 0.935. The molecular weight excluding hydrogens is 308 g/mol. The highest BCUT2D eigenvalue weighted by molar-refractivity contribution is 7.15. The average molecular weight is 324 g/mol. The van der Waals surface area contributed by atoms with Crippen LogP contribution in [0.15, 0.2) is 0 Å². The fraction of sp³-hybridized carbons (Fsp3) is 0.538. The highest BCUT2D eigenvalue weighted by Crippen LogP contribution is 2.34. The Kier molecular flexibility index (Phi) is 3.90. The second kappa shape index (κ2) is 5.69. The summed E-state index contributed by atoms with van der Waals surface area (Å²) in [7, 11) is 0. The molecule has 1 saturated heterocycles. The second-order valence-corrected chi connectivity index (χ2v) is 7.33. The maximum Gasteiger partial charge on any atom is 0.347 e. The molecule has 0 spiro atoms. The van der Waals surface area contributed by atoms with Gasteiger partial charge in [0.15, 0.2) is 0 Å². The van der Waals surface area contributed by atoms with Gasteiger partial charge in [0.2, 0.25) is 5.13 Å². The van der Waals surface area contributed by atoms with E-state index in [-0.39, 0.29) is 0 Å². The van der Waals surface area contributed by atoms with Gasteiger partial charge in [0, 0.05) is 19.0 Å². The Balaban J connectivity index is 1.68. The lowest BCUT2D eigenvalue weighted by atomic mass is 9.98. The van der Waals surface area contributed by atoms with E-state index >= 15 is 0 Å². The number of anilines is 1. The van der Waals surface area contributed by atoms with Crippen LogP contribution in [0, 0.1) is 13.8 Å². The van der Waals surface area contributed by atoms with E-state index in [2.05, 4.69) is 20.1 Å². The van der Waals surface area contributed by atoms with Crippen molar-refractivity contribution >= 4 is 33.8 Å². The zero-order valence-corrected chi connectivity index (χ0v) is 13.5. The predicted octanol–water partition coefficient (Wildman–Crippen LogP) is 2.69. The van der Waals surface area contributed by atoms with Gasteiger partial charge in [0.05, 0.1) is 10.7 Å². The monoisotopic (exact) mass is 324 g/mol. The molecule has 2 aromatic rings. The van der Waals surface area contributed by atoms with Crippen LogP contribution in [0.4, 0.5) is 5.13 Å². The van der Waals surface area contributed by atoms with Crippen molar-refractivity contribution in [3.05, 3.63) is 20.6 Å². The van der Waals surface area contributed by atoms with Gasteiger partial charge in [0.1, 0.15) is 9.88 Å². The Morgan fingerprint density at radius 3 is 2.48 bits per heavy atom. The minimum Gasteiger partial charge on any atom is -0.477 e. The van der Waals surface area contributed by atoms with Crippen LogP contribution in [0.25, 0.3) is 0 Å². The molecule has 3 rings (SSSR count). The SMILES string of the molecule is Cc1nnc(N2CCC(c3nc(C)c(C(=O)O)s3)CC2)s1. The summed E-state index contributed by atoms with van der Waals surface area (Å²) in [5, 5.41) is 20.3.